The van der Waals surface area contributed by atoms with Crippen molar-refractivity contribution >= 4 is 35.4 Å². The van der Waals surface area contributed by atoms with Gasteiger partial charge in [-0.05, 0) is 83.7 Å². The quantitative estimate of drug-likeness (QED) is 0.389. The van der Waals surface area contributed by atoms with Crippen LogP contribution in [-0.4, -0.2) is 29.2 Å². The van der Waals surface area contributed by atoms with Crippen molar-refractivity contribution < 1.29 is 23.9 Å². The lowest BCUT2D eigenvalue weighted by molar-refractivity contribution is -0.148. The van der Waals surface area contributed by atoms with E-state index in [9.17, 15) is 14.4 Å². The summed E-state index contributed by atoms with van der Waals surface area (Å²) in [5.74, 6) is -0.536. The van der Waals surface area contributed by atoms with Gasteiger partial charge in [0.2, 0.25) is 5.91 Å². The summed E-state index contributed by atoms with van der Waals surface area (Å²) in [5, 5.41) is 5.68. The van der Waals surface area contributed by atoms with Gasteiger partial charge in [-0.2, -0.15) is 0 Å². The highest BCUT2D eigenvalue weighted by atomic mass is 16.6. The summed E-state index contributed by atoms with van der Waals surface area (Å²) in [6, 6.07) is 14.6. The van der Waals surface area contributed by atoms with Gasteiger partial charge in [0.05, 0.1) is 16.8 Å². The van der Waals surface area contributed by atoms with Gasteiger partial charge in [-0.15, -0.1) is 0 Å². The molecule has 1 aliphatic carbocycles. The predicted molar refractivity (Wildman–Crippen MR) is 137 cm³/mol. The van der Waals surface area contributed by atoms with Gasteiger partial charge in [-0.1, -0.05) is 36.4 Å². The van der Waals surface area contributed by atoms with Crippen LogP contribution in [0.15, 0.2) is 54.6 Å². The Morgan fingerprint density at radius 2 is 1.34 bits per heavy atom. The first-order valence-electron chi connectivity index (χ1n) is 11.7. The zero-order valence-electron chi connectivity index (χ0n) is 21.2. The highest BCUT2D eigenvalue weighted by molar-refractivity contribution is 6.04. The number of rotatable bonds is 6. The first-order chi connectivity index (χ1) is 16.3. The number of nitrogens with one attached hydrogen (secondary N) is 2. The highest BCUT2D eigenvalue weighted by Gasteiger charge is 2.51. The zero-order valence-corrected chi connectivity index (χ0v) is 21.2. The molecule has 7 nitrogen and oxygen atoms in total. The Hall–Kier alpha value is -3.61. The second-order valence-electron chi connectivity index (χ2n) is 10.7. The lowest BCUT2D eigenvalue weighted by Crippen LogP contribution is -2.29. The molecule has 0 bridgehead atoms. The van der Waals surface area contributed by atoms with Crippen LogP contribution in [0.25, 0.3) is 6.08 Å². The number of benzene rings is 2. The zero-order chi connectivity index (χ0) is 25.9. The van der Waals surface area contributed by atoms with Crippen LogP contribution in [0.2, 0.25) is 0 Å². The van der Waals surface area contributed by atoms with Gasteiger partial charge in [-0.25, -0.2) is 9.59 Å². The summed E-state index contributed by atoms with van der Waals surface area (Å²) in [5.41, 5.74) is 0.920. The van der Waals surface area contributed by atoms with E-state index in [0.717, 1.165) is 24.0 Å². The number of hydrogen-bond donors (Lipinski definition) is 2. The molecule has 0 aromatic heterocycles. The largest absolute Gasteiger partial charge is 0.457 e. The predicted octanol–water partition coefficient (Wildman–Crippen LogP) is 6.06. The SMILES string of the molecule is CC(C)(C)OC(=O)/C=C/c1ccc(C2(C(=O)Nc3ccccc3NC(=O)OC(C)(C)C)CC2)cc1. The molecular formula is C28H34N2O5. The van der Waals surface area contributed by atoms with Gasteiger partial charge in [0.25, 0.3) is 0 Å². The fourth-order valence-corrected chi connectivity index (χ4v) is 3.54. The minimum atomic E-state index is -0.630. The second kappa shape index (κ2) is 9.94. The molecule has 0 saturated heterocycles. The Morgan fingerprint density at radius 1 is 0.800 bits per heavy atom. The maximum atomic E-state index is 13.3. The number of anilines is 2. The molecule has 3 rings (SSSR count). The van der Waals surface area contributed by atoms with Crippen LogP contribution in [0, 0.1) is 0 Å². The van der Waals surface area contributed by atoms with E-state index in [1.54, 1.807) is 51.1 Å². The van der Waals surface area contributed by atoms with E-state index < -0.39 is 28.7 Å². The molecule has 35 heavy (non-hydrogen) atoms. The molecule has 0 heterocycles. The Labute approximate surface area is 206 Å². The van der Waals surface area contributed by atoms with Crippen molar-refractivity contribution in [2.75, 3.05) is 10.6 Å². The van der Waals surface area contributed by atoms with Gasteiger partial charge < -0.3 is 14.8 Å². The van der Waals surface area contributed by atoms with E-state index in [4.69, 9.17) is 9.47 Å². The van der Waals surface area contributed by atoms with Crippen molar-refractivity contribution in [2.24, 2.45) is 0 Å². The molecule has 1 fully saturated rings. The van der Waals surface area contributed by atoms with Crippen molar-refractivity contribution in [2.45, 2.75) is 71.0 Å². The van der Waals surface area contributed by atoms with Crippen molar-refractivity contribution in [1.82, 2.24) is 0 Å². The summed E-state index contributed by atoms with van der Waals surface area (Å²) in [4.78, 5) is 37.4. The van der Waals surface area contributed by atoms with Crippen LogP contribution in [0.3, 0.4) is 0 Å². The average Bonchev–Trinajstić information content (AvgIpc) is 3.53. The molecule has 1 aliphatic rings. The number of carbonyl (C=O) groups is 3. The molecule has 2 aromatic rings. The fraction of sp³-hybridized carbons (Fsp3) is 0.393. The molecule has 0 spiro atoms. The summed E-state index contributed by atoms with van der Waals surface area (Å²) < 4.78 is 10.6. The van der Waals surface area contributed by atoms with Gasteiger partial charge >= 0.3 is 12.1 Å². The Balaban J connectivity index is 1.68. The van der Waals surface area contributed by atoms with Gasteiger partial charge in [0.1, 0.15) is 11.2 Å². The first-order valence-corrected chi connectivity index (χ1v) is 11.7. The second-order valence-corrected chi connectivity index (χ2v) is 10.7. The third-order valence-electron chi connectivity index (χ3n) is 5.28. The third kappa shape index (κ3) is 7.44. The number of hydrogen-bond acceptors (Lipinski definition) is 5. The highest BCUT2D eigenvalue weighted by Crippen LogP contribution is 2.49. The monoisotopic (exact) mass is 478 g/mol. The molecule has 1 saturated carbocycles. The Morgan fingerprint density at radius 3 is 1.86 bits per heavy atom. The van der Waals surface area contributed by atoms with Crippen molar-refractivity contribution in [1.29, 1.82) is 0 Å². The molecule has 2 aromatic carbocycles. The molecule has 2 amide bonds. The Kier molecular flexibility index (Phi) is 7.38. The fourth-order valence-electron chi connectivity index (χ4n) is 3.54. The van der Waals surface area contributed by atoms with Crippen LogP contribution in [0.5, 0.6) is 0 Å². The van der Waals surface area contributed by atoms with E-state index in [1.165, 1.54) is 6.08 Å². The van der Waals surface area contributed by atoms with Gasteiger partial charge in [0.15, 0.2) is 0 Å². The molecular weight excluding hydrogens is 444 g/mol. The summed E-state index contributed by atoms with van der Waals surface area (Å²) in [6.45, 7) is 10.8. The van der Waals surface area contributed by atoms with Crippen molar-refractivity contribution in [3.8, 4) is 0 Å². The van der Waals surface area contributed by atoms with Crippen LogP contribution in [0.4, 0.5) is 16.2 Å². The van der Waals surface area contributed by atoms with E-state index in [2.05, 4.69) is 10.6 Å². The third-order valence-corrected chi connectivity index (χ3v) is 5.28. The van der Waals surface area contributed by atoms with Crippen molar-refractivity contribution in [3.05, 3.63) is 65.7 Å². The molecule has 0 radical (unpaired) electrons. The lowest BCUT2D eigenvalue weighted by Gasteiger charge is -2.21. The van der Waals surface area contributed by atoms with E-state index in [0.29, 0.717) is 11.4 Å². The average molecular weight is 479 g/mol. The van der Waals surface area contributed by atoms with E-state index in [1.807, 2.05) is 45.0 Å². The number of carbonyl (C=O) groups excluding carboxylic acids is 3. The molecule has 2 N–H and O–H groups in total. The lowest BCUT2D eigenvalue weighted by atomic mass is 9.93. The van der Waals surface area contributed by atoms with Crippen LogP contribution in [0.1, 0.15) is 65.5 Å². The standard InChI is InChI=1S/C28H34N2O5/c1-26(2,3)34-23(31)16-13-19-11-14-20(15-12-19)28(17-18-28)24(32)29-21-9-7-8-10-22(21)30-25(33)35-27(4,5)6/h7-16H,17-18H2,1-6H3,(H,29,32)(H,30,33)/b16-13+. The number of amides is 2. The molecule has 0 unspecified atom stereocenters. The topological polar surface area (TPSA) is 93.7 Å². The molecule has 0 aliphatic heterocycles. The van der Waals surface area contributed by atoms with Crippen LogP contribution < -0.4 is 10.6 Å². The Bertz CT molecular complexity index is 1120. The normalized spacial score (nSPS) is 14.8. The summed E-state index contributed by atoms with van der Waals surface area (Å²) >= 11 is 0. The summed E-state index contributed by atoms with van der Waals surface area (Å²) in [6.07, 6.45) is 3.96. The first kappa shape index (κ1) is 26.0. The number of ether oxygens (including phenoxy) is 2. The van der Waals surface area contributed by atoms with E-state index in [-0.39, 0.29) is 5.91 Å². The maximum Gasteiger partial charge on any atom is 0.412 e. The molecule has 186 valence electrons. The maximum absolute atomic E-state index is 13.3. The van der Waals surface area contributed by atoms with Crippen LogP contribution >= 0.6 is 0 Å². The minimum Gasteiger partial charge on any atom is -0.457 e. The van der Waals surface area contributed by atoms with Crippen molar-refractivity contribution in [3.63, 3.8) is 0 Å². The number of esters is 1. The summed E-state index contributed by atoms with van der Waals surface area (Å²) in [7, 11) is 0. The minimum absolute atomic E-state index is 0.131. The van der Waals surface area contributed by atoms with Gasteiger partial charge in [0, 0.05) is 6.08 Å². The smallest absolute Gasteiger partial charge is 0.412 e. The van der Waals surface area contributed by atoms with Gasteiger partial charge in [-0.3, -0.25) is 10.1 Å². The number of para-hydroxylation sites is 2. The molecule has 0 atom stereocenters. The molecule has 7 heteroatoms. The van der Waals surface area contributed by atoms with Crippen LogP contribution in [-0.2, 0) is 24.5 Å². The van der Waals surface area contributed by atoms with E-state index >= 15 is 0 Å².